The smallest absolute Gasteiger partial charge is 0.152 e. The fourth-order valence-electron chi connectivity index (χ4n) is 0.529. The highest BCUT2D eigenvalue weighted by atomic mass is 16.1. The third kappa shape index (κ3) is 6.75. The molecule has 0 aliphatic heterocycles. The number of carbonyl (C=O) groups excluding carboxylic acids is 1. The molecule has 0 aliphatic rings. The highest BCUT2D eigenvalue weighted by Crippen LogP contribution is 1.98. The normalized spacial score (nSPS) is 10.8. The van der Waals surface area contributed by atoms with Gasteiger partial charge < -0.3 is 0 Å². The molecule has 0 aromatic heterocycles. The highest BCUT2D eigenvalue weighted by Gasteiger charge is 1.83. The molecule has 0 heterocycles. The number of carbonyl (C=O) groups is 1. The van der Waals surface area contributed by atoms with E-state index in [1.807, 2.05) is 19.1 Å². The van der Waals surface area contributed by atoms with E-state index in [2.05, 4.69) is 13.2 Å². The first-order chi connectivity index (χ1) is 5.52. The van der Waals surface area contributed by atoms with Crippen molar-refractivity contribution < 1.29 is 4.79 Å². The van der Waals surface area contributed by atoms with Crippen LogP contribution in [-0.2, 0) is 4.79 Å². The molecular weight excluding hydrogens is 148 g/mol. The Morgan fingerprint density at radius 2 is 1.50 bits per heavy atom. The summed E-state index contributed by atoms with van der Waals surface area (Å²) in [5.74, 6) is 0.0277. The predicted molar refractivity (Wildman–Crippen MR) is 52.9 cm³/mol. The van der Waals surface area contributed by atoms with E-state index >= 15 is 0 Å². The minimum absolute atomic E-state index is 0.0277. The van der Waals surface area contributed by atoms with Gasteiger partial charge >= 0.3 is 0 Å². The van der Waals surface area contributed by atoms with Crippen LogP contribution >= 0.6 is 0 Å². The van der Waals surface area contributed by atoms with E-state index in [0.29, 0.717) is 0 Å². The third-order valence-corrected chi connectivity index (χ3v) is 1.11. The van der Waals surface area contributed by atoms with Crippen LogP contribution in [0.1, 0.15) is 13.8 Å². The van der Waals surface area contributed by atoms with E-state index in [1.54, 1.807) is 6.08 Å². The molecule has 0 saturated heterocycles. The van der Waals surface area contributed by atoms with Gasteiger partial charge in [-0.2, -0.15) is 0 Å². The third-order valence-electron chi connectivity index (χ3n) is 1.11. The molecule has 0 fully saturated rings. The Labute approximate surface area is 73.8 Å². The Morgan fingerprint density at radius 1 is 1.00 bits per heavy atom. The van der Waals surface area contributed by atoms with E-state index in [-0.39, 0.29) is 5.78 Å². The molecule has 0 bridgehead atoms. The summed E-state index contributed by atoms with van der Waals surface area (Å²) >= 11 is 0. The maximum Gasteiger partial charge on any atom is 0.152 e. The molecule has 64 valence electrons. The molecule has 1 nitrogen and oxygen atoms in total. The Bertz CT molecular complexity index is 228. The lowest BCUT2D eigenvalue weighted by Gasteiger charge is -1.88. The molecule has 0 aromatic carbocycles. The zero-order chi connectivity index (χ0) is 9.56. The molecular formula is C11H14O. The fraction of sp³-hybridized carbons (Fsp3) is 0.182. The van der Waals surface area contributed by atoms with Gasteiger partial charge in [-0.25, -0.2) is 0 Å². The molecule has 0 aliphatic carbocycles. The standard InChI is InChI=1S/C11H14O/c1-9(2)5-6-10(3)7-8-11(4)12/h5-8H,1,3H2,2,4H3/b6-5-,8-7+. The Hall–Kier alpha value is -1.37. The van der Waals surface area contributed by atoms with Crippen molar-refractivity contribution in [3.8, 4) is 0 Å². The number of allylic oxidation sites excluding steroid dienone is 6. The lowest BCUT2D eigenvalue weighted by Crippen LogP contribution is -1.79. The number of rotatable bonds is 4. The van der Waals surface area contributed by atoms with Crippen molar-refractivity contribution in [2.45, 2.75) is 13.8 Å². The Balaban J connectivity index is 4.07. The fourth-order valence-corrected chi connectivity index (χ4v) is 0.529. The van der Waals surface area contributed by atoms with Crippen LogP contribution in [0.15, 0.2) is 48.6 Å². The monoisotopic (exact) mass is 162 g/mol. The highest BCUT2D eigenvalue weighted by molar-refractivity contribution is 5.87. The van der Waals surface area contributed by atoms with Gasteiger partial charge in [0.25, 0.3) is 0 Å². The maximum atomic E-state index is 10.5. The Morgan fingerprint density at radius 3 is 1.92 bits per heavy atom. The second-order valence-electron chi connectivity index (χ2n) is 2.70. The second-order valence-corrected chi connectivity index (χ2v) is 2.70. The van der Waals surface area contributed by atoms with Crippen LogP contribution < -0.4 is 0 Å². The van der Waals surface area contributed by atoms with Crippen molar-refractivity contribution in [1.82, 2.24) is 0 Å². The summed E-state index contributed by atoms with van der Waals surface area (Å²) in [4.78, 5) is 10.5. The zero-order valence-corrected chi connectivity index (χ0v) is 7.63. The van der Waals surface area contributed by atoms with E-state index in [0.717, 1.165) is 11.1 Å². The summed E-state index contributed by atoms with van der Waals surface area (Å²) < 4.78 is 0. The van der Waals surface area contributed by atoms with Crippen LogP contribution in [0.4, 0.5) is 0 Å². The van der Waals surface area contributed by atoms with Gasteiger partial charge in [0, 0.05) is 0 Å². The molecule has 1 heteroatoms. The van der Waals surface area contributed by atoms with Crippen LogP contribution in [0, 0.1) is 0 Å². The van der Waals surface area contributed by atoms with Gasteiger partial charge in [0.1, 0.15) is 0 Å². The molecule has 0 unspecified atom stereocenters. The number of ketones is 1. The zero-order valence-electron chi connectivity index (χ0n) is 7.63. The van der Waals surface area contributed by atoms with Crippen LogP contribution in [0.3, 0.4) is 0 Å². The van der Waals surface area contributed by atoms with Gasteiger partial charge in [0.2, 0.25) is 0 Å². The summed E-state index contributed by atoms with van der Waals surface area (Å²) in [5, 5.41) is 0. The average molecular weight is 162 g/mol. The minimum Gasteiger partial charge on any atom is -0.295 e. The predicted octanol–water partition coefficient (Wildman–Crippen LogP) is 2.82. The van der Waals surface area contributed by atoms with Crippen LogP contribution in [0.2, 0.25) is 0 Å². The first-order valence-electron chi connectivity index (χ1n) is 3.73. The quantitative estimate of drug-likeness (QED) is 0.459. The van der Waals surface area contributed by atoms with E-state index in [4.69, 9.17) is 0 Å². The van der Waals surface area contributed by atoms with Gasteiger partial charge in [-0.1, -0.05) is 37.0 Å². The van der Waals surface area contributed by atoms with Crippen molar-refractivity contribution >= 4 is 5.78 Å². The molecule has 0 atom stereocenters. The molecule has 0 rings (SSSR count). The lowest BCUT2D eigenvalue weighted by molar-refractivity contribution is -0.112. The van der Waals surface area contributed by atoms with Crippen LogP contribution in [0.5, 0.6) is 0 Å². The van der Waals surface area contributed by atoms with Crippen LogP contribution in [-0.4, -0.2) is 5.78 Å². The first kappa shape index (κ1) is 10.6. The molecule has 0 radical (unpaired) electrons. The first-order valence-corrected chi connectivity index (χ1v) is 3.73. The minimum atomic E-state index is 0.0277. The van der Waals surface area contributed by atoms with Gasteiger partial charge in [-0.3, -0.25) is 4.79 Å². The number of hydrogen-bond acceptors (Lipinski definition) is 1. The average Bonchev–Trinajstić information content (AvgIpc) is 1.96. The summed E-state index contributed by atoms with van der Waals surface area (Å²) in [6.07, 6.45) is 6.85. The van der Waals surface area contributed by atoms with E-state index in [9.17, 15) is 4.79 Å². The maximum absolute atomic E-state index is 10.5. The summed E-state index contributed by atoms with van der Waals surface area (Å²) in [5.41, 5.74) is 1.76. The van der Waals surface area contributed by atoms with Gasteiger partial charge in [0.15, 0.2) is 5.78 Å². The van der Waals surface area contributed by atoms with Crippen molar-refractivity contribution in [3.63, 3.8) is 0 Å². The van der Waals surface area contributed by atoms with Gasteiger partial charge in [-0.15, -0.1) is 0 Å². The number of hydrogen-bond donors (Lipinski definition) is 0. The molecule has 0 spiro atoms. The van der Waals surface area contributed by atoms with Gasteiger partial charge in [-0.05, 0) is 25.5 Å². The largest absolute Gasteiger partial charge is 0.295 e. The second kappa shape index (κ2) is 5.30. The summed E-state index contributed by atoms with van der Waals surface area (Å²) in [6.45, 7) is 10.8. The molecule has 12 heavy (non-hydrogen) atoms. The van der Waals surface area contributed by atoms with E-state index < -0.39 is 0 Å². The topological polar surface area (TPSA) is 17.1 Å². The SMILES string of the molecule is C=C(C)/C=C\C(=C)/C=C/C(C)=O. The Kier molecular flexibility index (Phi) is 4.70. The lowest BCUT2D eigenvalue weighted by atomic mass is 10.2. The molecule has 0 amide bonds. The van der Waals surface area contributed by atoms with E-state index in [1.165, 1.54) is 13.0 Å². The van der Waals surface area contributed by atoms with Crippen molar-refractivity contribution in [1.29, 1.82) is 0 Å². The van der Waals surface area contributed by atoms with Crippen LogP contribution in [0.25, 0.3) is 0 Å². The van der Waals surface area contributed by atoms with Crippen molar-refractivity contribution in [2.24, 2.45) is 0 Å². The molecule has 0 aromatic rings. The molecule has 0 saturated carbocycles. The van der Waals surface area contributed by atoms with Gasteiger partial charge in [0.05, 0.1) is 0 Å². The molecule has 0 N–H and O–H groups in total. The van der Waals surface area contributed by atoms with Crippen molar-refractivity contribution in [3.05, 3.63) is 48.6 Å². The summed E-state index contributed by atoms with van der Waals surface area (Å²) in [6, 6.07) is 0. The summed E-state index contributed by atoms with van der Waals surface area (Å²) in [7, 11) is 0. The van der Waals surface area contributed by atoms with Crippen molar-refractivity contribution in [2.75, 3.05) is 0 Å².